The number of methoxy groups -OCH3 is 2. The van der Waals surface area contributed by atoms with Crippen molar-refractivity contribution in [3.63, 3.8) is 0 Å². The van der Waals surface area contributed by atoms with Gasteiger partial charge in [-0.25, -0.2) is 8.42 Å². The number of hydrogen-bond acceptors (Lipinski definition) is 6. The third-order valence-corrected chi connectivity index (χ3v) is 5.82. The third kappa shape index (κ3) is 3.90. The molecule has 2 aromatic rings. The Bertz CT molecular complexity index is 932. The fourth-order valence-electron chi connectivity index (χ4n) is 2.38. The molecular weight excluding hydrogens is 384 g/mol. The van der Waals surface area contributed by atoms with Crippen LogP contribution in [0.4, 0.5) is 5.69 Å². The molecule has 0 amide bonds. The molecule has 0 saturated carbocycles. The van der Waals surface area contributed by atoms with Crippen molar-refractivity contribution >= 4 is 27.3 Å². The summed E-state index contributed by atoms with van der Waals surface area (Å²) < 4.78 is 37.1. The molecule has 0 saturated heterocycles. The second-order valence-corrected chi connectivity index (χ2v) is 7.74. The van der Waals surface area contributed by atoms with E-state index in [0.717, 1.165) is 10.4 Å². The Morgan fingerprint density at radius 1 is 1.19 bits per heavy atom. The summed E-state index contributed by atoms with van der Waals surface area (Å²) in [5.41, 5.74) is 0.112. The summed E-state index contributed by atoms with van der Waals surface area (Å²) in [7, 11) is 0.327. The van der Waals surface area contributed by atoms with Gasteiger partial charge in [0, 0.05) is 25.2 Å². The Labute approximate surface area is 156 Å². The fraction of sp³-hybridized carbons (Fsp3) is 0.250. The number of ether oxygens (including phenoxy) is 2. The van der Waals surface area contributed by atoms with Gasteiger partial charge in [0.25, 0.3) is 5.69 Å². The van der Waals surface area contributed by atoms with Crippen molar-refractivity contribution in [1.82, 2.24) is 4.31 Å². The van der Waals surface area contributed by atoms with Gasteiger partial charge in [-0.2, -0.15) is 4.31 Å². The molecule has 8 nitrogen and oxygen atoms in total. The second kappa shape index (κ2) is 7.90. The highest BCUT2D eigenvalue weighted by Gasteiger charge is 2.26. The fourth-order valence-corrected chi connectivity index (χ4v) is 3.73. The first-order valence-electron chi connectivity index (χ1n) is 7.32. The molecular formula is C16H17ClN2O6S. The topological polar surface area (TPSA) is 99.0 Å². The lowest BCUT2D eigenvalue weighted by atomic mass is 10.2. The van der Waals surface area contributed by atoms with Crippen LogP contribution in [0, 0.1) is 10.1 Å². The van der Waals surface area contributed by atoms with Crippen LogP contribution >= 0.6 is 11.6 Å². The zero-order valence-corrected chi connectivity index (χ0v) is 15.9. The van der Waals surface area contributed by atoms with Crippen LogP contribution < -0.4 is 9.47 Å². The maximum Gasteiger partial charge on any atom is 0.289 e. The Balaban J connectivity index is 2.39. The van der Waals surface area contributed by atoms with E-state index in [-0.39, 0.29) is 16.5 Å². The highest BCUT2D eigenvalue weighted by molar-refractivity contribution is 7.89. The molecule has 0 aliphatic rings. The Hall–Kier alpha value is -2.36. The van der Waals surface area contributed by atoms with Crippen molar-refractivity contribution in [3.05, 3.63) is 57.1 Å². The van der Waals surface area contributed by atoms with Crippen molar-refractivity contribution in [3.8, 4) is 11.5 Å². The van der Waals surface area contributed by atoms with Gasteiger partial charge in [-0.15, -0.1) is 0 Å². The zero-order valence-electron chi connectivity index (χ0n) is 14.3. The minimum atomic E-state index is -3.98. The lowest BCUT2D eigenvalue weighted by Crippen LogP contribution is -2.26. The molecule has 26 heavy (non-hydrogen) atoms. The van der Waals surface area contributed by atoms with Crippen LogP contribution in [0.1, 0.15) is 5.56 Å². The molecule has 0 aliphatic heterocycles. The van der Waals surface area contributed by atoms with E-state index in [2.05, 4.69) is 0 Å². The number of benzene rings is 2. The summed E-state index contributed by atoms with van der Waals surface area (Å²) in [5, 5.41) is 10.9. The van der Waals surface area contributed by atoms with Gasteiger partial charge in [-0.1, -0.05) is 23.7 Å². The number of nitrogens with zero attached hydrogens (tertiary/aromatic N) is 2. The summed E-state index contributed by atoms with van der Waals surface area (Å²) >= 11 is 5.74. The number of halogens is 1. The Morgan fingerprint density at radius 3 is 2.46 bits per heavy atom. The van der Waals surface area contributed by atoms with E-state index in [1.165, 1.54) is 33.4 Å². The van der Waals surface area contributed by atoms with Gasteiger partial charge in [0.2, 0.25) is 10.0 Å². The largest absolute Gasteiger partial charge is 0.493 e. The van der Waals surface area contributed by atoms with Crippen LogP contribution in [-0.4, -0.2) is 38.9 Å². The maximum absolute atomic E-state index is 12.8. The minimum Gasteiger partial charge on any atom is -0.493 e. The van der Waals surface area contributed by atoms with Gasteiger partial charge in [-0.05, 0) is 18.2 Å². The molecule has 0 unspecified atom stereocenters. The molecule has 0 aromatic heterocycles. The quantitative estimate of drug-likeness (QED) is 0.523. The number of hydrogen-bond donors (Lipinski definition) is 0. The first-order chi connectivity index (χ1) is 12.2. The smallest absolute Gasteiger partial charge is 0.289 e. The van der Waals surface area contributed by atoms with E-state index < -0.39 is 20.6 Å². The monoisotopic (exact) mass is 400 g/mol. The minimum absolute atomic E-state index is 0.0148. The SMILES string of the molecule is COc1cccc(CN(C)S(=O)(=O)c2ccc(Cl)c([N+](=O)[O-])c2)c1OC. The van der Waals surface area contributed by atoms with Crippen molar-refractivity contribution < 1.29 is 22.8 Å². The van der Waals surface area contributed by atoms with Gasteiger partial charge in [0.05, 0.1) is 24.0 Å². The van der Waals surface area contributed by atoms with Gasteiger partial charge in [0.1, 0.15) is 5.02 Å². The van der Waals surface area contributed by atoms with E-state index in [4.69, 9.17) is 21.1 Å². The average Bonchev–Trinajstić information content (AvgIpc) is 2.61. The molecule has 0 fully saturated rings. The molecule has 0 spiro atoms. The first-order valence-corrected chi connectivity index (χ1v) is 9.14. The number of para-hydroxylation sites is 1. The lowest BCUT2D eigenvalue weighted by molar-refractivity contribution is -0.384. The van der Waals surface area contributed by atoms with Gasteiger partial charge >= 0.3 is 0 Å². The number of sulfonamides is 1. The molecule has 10 heteroatoms. The molecule has 0 heterocycles. The van der Waals surface area contributed by atoms with Crippen LogP contribution in [0.3, 0.4) is 0 Å². The molecule has 0 radical (unpaired) electrons. The normalized spacial score (nSPS) is 11.4. The van der Waals surface area contributed by atoms with Crippen LogP contribution in [0.5, 0.6) is 11.5 Å². The van der Waals surface area contributed by atoms with Crippen LogP contribution in [0.15, 0.2) is 41.3 Å². The van der Waals surface area contributed by atoms with E-state index in [0.29, 0.717) is 17.1 Å². The van der Waals surface area contributed by atoms with E-state index in [9.17, 15) is 18.5 Å². The average molecular weight is 401 g/mol. The summed E-state index contributed by atoms with van der Waals surface area (Å²) in [4.78, 5) is 10.0. The third-order valence-electron chi connectivity index (χ3n) is 3.70. The number of nitro groups is 1. The summed E-state index contributed by atoms with van der Waals surface area (Å²) in [6.07, 6.45) is 0. The van der Waals surface area contributed by atoms with E-state index >= 15 is 0 Å². The highest BCUT2D eigenvalue weighted by atomic mass is 35.5. The van der Waals surface area contributed by atoms with Gasteiger partial charge in [-0.3, -0.25) is 10.1 Å². The van der Waals surface area contributed by atoms with E-state index in [1.807, 2.05) is 0 Å². The van der Waals surface area contributed by atoms with Crippen LogP contribution in [0.2, 0.25) is 5.02 Å². The molecule has 0 aliphatic carbocycles. The number of nitro benzene ring substituents is 1. The van der Waals surface area contributed by atoms with Crippen molar-refractivity contribution in [1.29, 1.82) is 0 Å². The van der Waals surface area contributed by atoms with Gasteiger partial charge < -0.3 is 9.47 Å². The molecule has 140 valence electrons. The lowest BCUT2D eigenvalue weighted by Gasteiger charge is -2.19. The van der Waals surface area contributed by atoms with Crippen molar-refractivity contribution in [2.24, 2.45) is 0 Å². The Morgan fingerprint density at radius 2 is 1.88 bits per heavy atom. The zero-order chi connectivity index (χ0) is 19.5. The van der Waals surface area contributed by atoms with Crippen molar-refractivity contribution in [2.75, 3.05) is 21.3 Å². The first kappa shape index (κ1) is 20.0. The predicted octanol–water partition coefficient (Wildman–Crippen LogP) is 3.09. The summed E-state index contributed by atoms with van der Waals surface area (Å²) in [5.74, 6) is 0.886. The summed E-state index contributed by atoms with van der Waals surface area (Å²) in [6, 6.07) is 8.47. The predicted molar refractivity (Wildman–Crippen MR) is 96.3 cm³/mol. The molecule has 0 atom stereocenters. The molecule has 0 N–H and O–H groups in total. The van der Waals surface area contributed by atoms with Crippen molar-refractivity contribution in [2.45, 2.75) is 11.4 Å². The standard InChI is InChI=1S/C16H17ClN2O6S/c1-18(10-11-5-4-6-15(24-2)16(11)25-3)26(22,23)12-7-8-13(17)14(9-12)19(20)21/h4-9H,10H2,1-3H3. The molecule has 2 aromatic carbocycles. The molecule has 0 bridgehead atoms. The Kier molecular flexibility index (Phi) is 6.06. The number of rotatable bonds is 7. The maximum atomic E-state index is 12.8. The molecule has 2 rings (SSSR count). The highest BCUT2D eigenvalue weighted by Crippen LogP contribution is 2.33. The second-order valence-electron chi connectivity index (χ2n) is 5.28. The van der Waals surface area contributed by atoms with Gasteiger partial charge in [0.15, 0.2) is 11.5 Å². The van der Waals surface area contributed by atoms with Crippen LogP contribution in [0.25, 0.3) is 0 Å². The van der Waals surface area contributed by atoms with Crippen LogP contribution in [-0.2, 0) is 16.6 Å². The van der Waals surface area contributed by atoms with E-state index in [1.54, 1.807) is 18.2 Å². The summed E-state index contributed by atoms with van der Waals surface area (Å²) in [6.45, 7) is -0.0148.